The molecule has 0 aromatic rings. The zero-order chi connectivity index (χ0) is 11.5. The minimum absolute atomic E-state index is 0.924. The molecule has 2 heteroatoms. The lowest BCUT2D eigenvalue weighted by Crippen LogP contribution is -2.32. The highest BCUT2D eigenvalue weighted by Gasteiger charge is 2.52. The standard InChI is InChI=1S/C13H29NSi/c1-6-8-10-12-13(15(3,4)5)14(12)11-9-7-2/h12-13H,6-11H2,1-5H3/t12-,13+,14?/m1/s1. The second-order valence-electron chi connectivity index (χ2n) is 6.11. The molecule has 1 aliphatic heterocycles. The van der Waals surface area contributed by atoms with Crippen molar-refractivity contribution in [1.82, 2.24) is 4.90 Å². The summed E-state index contributed by atoms with van der Waals surface area (Å²) in [4.78, 5) is 2.80. The third-order valence-electron chi connectivity index (χ3n) is 3.57. The quantitative estimate of drug-likeness (QED) is 0.471. The van der Waals surface area contributed by atoms with Crippen LogP contribution in [0.3, 0.4) is 0 Å². The first kappa shape index (κ1) is 13.2. The Labute approximate surface area is 97.3 Å². The van der Waals surface area contributed by atoms with Gasteiger partial charge in [0.05, 0.1) is 8.07 Å². The summed E-state index contributed by atoms with van der Waals surface area (Å²) in [5.74, 6) is 0. The number of rotatable bonds is 7. The lowest BCUT2D eigenvalue weighted by atomic mass is 10.2. The second-order valence-corrected chi connectivity index (χ2v) is 11.4. The van der Waals surface area contributed by atoms with Crippen LogP contribution in [0.1, 0.15) is 46.0 Å². The van der Waals surface area contributed by atoms with Crippen LogP contribution in [0.2, 0.25) is 19.6 Å². The van der Waals surface area contributed by atoms with Crippen LogP contribution in [0, 0.1) is 0 Å². The predicted octanol–water partition coefficient (Wildman–Crippen LogP) is 3.91. The summed E-state index contributed by atoms with van der Waals surface area (Å²) >= 11 is 0. The SMILES string of the molecule is CCCC[C@@H]1[C@H]([Si](C)(C)C)N1CCCC. The van der Waals surface area contributed by atoms with Crippen LogP contribution < -0.4 is 0 Å². The van der Waals surface area contributed by atoms with Gasteiger partial charge < -0.3 is 0 Å². The molecule has 0 aliphatic carbocycles. The van der Waals surface area contributed by atoms with Gasteiger partial charge in [-0.1, -0.05) is 52.8 Å². The normalized spacial score (nSPS) is 30.6. The topological polar surface area (TPSA) is 3.01 Å². The van der Waals surface area contributed by atoms with Crippen molar-refractivity contribution < 1.29 is 0 Å². The molecule has 0 bridgehead atoms. The van der Waals surface area contributed by atoms with Crippen LogP contribution in [0.4, 0.5) is 0 Å². The van der Waals surface area contributed by atoms with Crippen molar-refractivity contribution in [2.75, 3.05) is 6.54 Å². The Bertz CT molecular complexity index is 171. The van der Waals surface area contributed by atoms with Gasteiger partial charge in [-0.15, -0.1) is 0 Å². The third kappa shape index (κ3) is 3.60. The third-order valence-corrected chi connectivity index (χ3v) is 6.06. The predicted molar refractivity (Wildman–Crippen MR) is 72.1 cm³/mol. The summed E-state index contributed by atoms with van der Waals surface area (Å²) in [5, 5.41) is 0. The molecule has 1 rings (SSSR count). The average molecular weight is 227 g/mol. The summed E-state index contributed by atoms with van der Waals surface area (Å²) in [6, 6.07) is 0.961. The largest absolute Gasteiger partial charge is 0.297 e. The lowest BCUT2D eigenvalue weighted by molar-refractivity contribution is 0.461. The Morgan fingerprint density at radius 1 is 1.00 bits per heavy atom. The van der Waals surface area contributed by atoms with Gasteiger partial charge >= 0.3 is 0 Å². The van der Waals surface area contributed by atoms with Crippen LogP contribution in [-0.2, 0) is 0 Å². The molecule has 0 spiro atoms. The Morgan fingerprint density at radius 2 is 1.60 bits per heavy atom. The Kier molecular flexibility index (Phi) is 4.85. The van der Waals surface area contributed by atoms with Crippen LogP contribution in [-0.4, -0.2) is 31.2 Å². The minimum Gasteiger partial charge on any atom is -0.297 e. The van der Waals surface area contributed by atoms with E-state index >= 15 is 0 Å². The summed E-state index contributed by atoms with van der Waals surface area (Å²) in [7, 11) is -0.924. The van der Waals surface area contributed by atoms with Gasteiger partial charge in [-0.3, -0.25) is 4.90 Å². The molecule has 0 aromatic carbocycles. The van der Waals surface area contributed by atoms with E-state index in [1.165, 1.54) is 38.6 Å². The molecular formula is C13H29NSi. The highest BCUT2D eigenvalue weighted by Crippen LogP contribution is 2.38. The van der Waals surface area contributed by atoms with Crippen LogP contribution >= 0.6 is 0 Å². The van der Waals surface area contributed by atoms with E-state index in [0.29, 0.717) is 0 Å². The number of nitrogens with zero attached hydrogens (tertiary/aromatic N) is 1. The first-order valence-electron chi connectivity index (χ1n) is 6.78. The second kappa shape index (κ2) is 5.49. The molecular weight excluding hydrogens is 198 g/mol. The molecule has 1 heterocycles. The molecule has 0 aromatic heterocycles. The van der Waals surface area contributed by atoms with E-state index in [-0.39, 0.29) is 0 Å². The Balaban J connectivity index is 2.40. The minimum atomic E-state index is -0.924. The smallest absolute Gasteiger partial charge is 0.0658 e. The van der Waals surface area contributed by atoms with Crippen molar-refractivity contribution in [3.63, 3.8) is 0 Å². The van der Waals surface area contributed by atoms with Crippen LogP contribution in [0.5, 0.6) is 0 Å². The molecule has 0 N–H and O–H groups in total. The number of hydrogen-bond donors (Lipinski definition) is 0. The maximum absolute atomic E-state index is 2.80. The average Bonchev–Trinajstić information content (AvgIpc) is 2.84. The molecule has 3 atom stereocenters. The van der Waals surface area contributed by atoms with Crippen molar-refractivity contribution in [1.29, 1.82) is 0 Å². The van der Waals surface area contributed by atoms with E-state index in [9.17, 15) is 0 Å². The lowest BCUT2D eigenvalue weighted by Gasteiger charge is -2.15. The Morgan fingerprint density at radius 3 is 2.07 bits per heavy atom. The zero-order valence-corrected chi connectivity index (χ0v) is 12.3. The van der Waals surface area contributed by atoms with E-state index in [2.05, 4.69) is 38.4 Å². The molecule has 0 saturated carbocycles. The van der Waals surface area contributed by atoms with Gasteiger partial charge in [-0.2, -0.15) is 0 Å². The van der Waals surface area contributed by atoms with E-state index in [0.717, 1.165) is 11.7 Å². The molecule has 1 aliphatic rings. The van der Waals surface area contributed by atoms with Gasteiger partial charge in [-0.05, 0) is 19.4 Å². The first-order valence-corrected chi connectivity index (χ1v) is 10.4. The number of unbranched alkanes of at least 4 members (excludes halogenated alkanes) is 2. The van der Waals surface area contributed by atoms with E-state index in [4.69, 9.17) is 0 Å². The molecule has 1 nitrogen and oxygen atoms in total. The van der Waals surface area contributed by atoms with Gasteiger partial charge in [0.25, 0.3) is 0 Å². The molecule has 0 amide bonds. The molecule has 1 fully saturated rings. The van der Waals surface area contributed by atoms with Gasteiger partial charge in [0.2, 0.25) is 0 Å². The monoisotopic (exact) mass is 227 g/mol. The van der Waals surface area contributed by atoms with Gasteiger partial charge in [-0.25, -0.2) is 0 Å². The van der Waals surface area contributed by atoms with Crippen molar-refractivity contribution in [3.05, 3.63) is 0 Å². The first-order chi connectivity index (χ1) is 7.02. The maximum atomic E-state index is 2.80. The van der Waals surface area contributed by atoms with Crippen molar-refractivity contribution in [3.8, 4) is 0 Å². The molecule has 90 valence electrons. The van der Waals surface area contributed by atoms with Gasteiger partial charge in [0, 0.05) is 11.7 Å². The van der Waals surface area contributed by atoms with Gasteiger partial charge in [0.1, 0.15) is 0 Å². The summed E-state index contributed by atoms with van der Waals surface area (Å²) in [6.07, 6.45) is 6.97. The highest BCUT2D eigenvalue weighted by molar-refractivity contribution is 6.78. The van der Waals surface area contributed by atoms with Gasteiger partial charge in [0.15, 0.2) is 0 Å². The van der Waals surface area contributed by atoms with E-state index in [1.807, 2.05) is 0 Å². The van der Waals surface area contributed by atoms with E-state index in [1.54, 1.807) is 0 Å². The molecule has 1 saturated heterocycles. The summed E-state index contributed by atoms with van der Waals surface area (Å²) < 4.78 is 0. The molecule has 0 radical (unpaired) electrons. The van der Waals surface area contributed by atoms with Crippen LogP contribution in [0.25, 0.3) is 0 Å². The summed E-state index contributed by atoms with van der Waals surface area (Å²) in [6.45, 7) is 13.6. The van der Waals surface area contributed by atoms with Crippen LogP contribution in [0.15, 0.2) is 0 Å². The highest BCUT2D eigenvalue weighted by atomic mass is 28.3. The Hall–Kier alpha value is 0.177. The van der Waals surface area contributed by atoms with Crippen molar-refractivity contribution in [2.24, 2.45) is 0 Å². The molecule has 15 heavy (non-hydrogen) atoms. The number of hydrogen-bond acceptors (Lipinski definition) is 1. The fourth-order valence-electron chi connectivity index (χ4n) is 2.79. The summed E-state index contributed by atoms with van der Waals surface area (Å²) in [5.41, 5.74) is 0.996. The fraction of sp³-hybridized carbons (Fsp3) is 1.00. The van der Waals surface area contributed by atoms with Crippen molar-refractivity contribution in [2.45, 2.75) is 77.3 Å². The zero-order valence-electron chi connectivity index (χ0n) is 11.3. The molecule has 1 unspecified atom stereocenters. The maximum Gasteiger partial charge on any atom is 0.0658 e. The fourth-order valence-corrected chi connectivity index (χ4v) is 5.53. The van der Waals surface area contributed by atoms with Crippen molar-refractivity contribution >= 4 is 8.07 Å². The van der Waals surface area contributed by atoms with E-state index < -0.39 is 8.07 Å².